The van der Waals surface area contributed by atoms with Crippen LogP contribution < -0.4 is 0 Å². The number of rotatable bonds is 5. The second-order valence-corrected chi connectivity index (χ2v) is 8.92. The van der Waals surface area contributed by atoms with Crippen molar-refractivity contribution in [3.8, 4) is 0 Å². The van der Waals surface area contributed by atoms with Crippen LogP contribution in [0.2, 0.25) is 0 Å². The van der Waals surface area contributed by atoms with E-state index in [1.54, 1.807) is 0 Å². The molecule has 0 amide bonds. The minimum Gasteiger partial charge on any atom is -0.206 e. The third-order valence-corrected chi connectivity index (χ3v) is 6.83. The fourth-order valence-electron chi connectivity index (χ4n) is 5.14. The van der Waals surface area contributed by atoms with E-state index in [1.807, 2.05) is 0 Å². The number of allylic oxidation sites excluding steroid dienone is 2. The van der Waals surface area contributed by atoms with Gasteiger partial charge in [-0.3, -0.25) is 0 Å². The Morgan fingerprint density at radius 3 is 1.76 bits per heavy atom. The first-order valence-electron chi connectivity index (χ1n) is 11.0. The minimum atomic E-state index is -5.01. The molecule has 3 rings (SSSR count). The second-order valence-electron chi connectivity index (χ2n) is 8.92. The predicted octanol–water partition coefficient (Wildman–Crippen LogP) is 8.42. The number of alkyl halides is 3. The maximum Gasteiger partial charge on any atom is 0.422 e. The molecule has 5 heteroatoms. The van der Waals surface area contributed by atoms with Crippen LogP contribution in [0, 0.1) is 29.4 Å². The Balaban J connectivity index is 1.52. The molecule has 0 aromatic heterocycles. The van der Waals surface area contributed by atoms with Gasteiger partial charge in [-0.25, -0.2) is 8.78 Å². The van der Waals surface area contributed by atoms with Gasteiger partial charge in [0, 0.05) is 0 Å². The number of hydrogen-bond donors (Lipinski definition) is 0. The highest BCUT2D eigenvalue weighted by molar-refractivity contribution is 5.31. The first-order chi connectivity index (χ1) is 13.8. The molecule has 0 nitrogen and oxygen atoms in total. The molecule has 0 saturated heterocycles. The van der Waals surface area contributed by atoms with Gasteiger partial charge in [0.2, 0.25) is 0 Å². The molecule has 2 saturated carbocycles. The van der Waals surface area contributed by atoms with Crippen molar-refractivity contribution in [3.63, 3.8) is 0 Å². The molecule has 0 aliphatic heterocycles. The predicted molar refractivity (Wildman–Crippen MR) is 106 cm³/mol. The van der Waals surface area contributed by atoms with Gasteiger partial charge in [0.25, 0.3) is 0 Å². The Labute approximate surface area is 170 Å². The summed E-state index contributed by atoms with van der Waals surface area (Å²) in [6.07, 6.45) is 10.8. The van der Waals surface area contributed by atoms with Crippen molar-refractivity contribution in [1.29, 1.82) is 0 Å². The van der Waals surface area contributed by atoms with Crippen molar-refractivity contribution < 1.29 is 22.0 Å². The Kier molecular flexibility index (Phi) is 7.39. The van der Waals surface area contributed by atoms with Gasteiger partial charge in [-0.1, -0.05) is 31.9 Å². The van der Waals surface area contributed by atoms with Crippen molar-refractivity contribution in [2.24, 2.45) is 17.8 Å². The van der Waals surface area contributed by atoms with Crippen molar-refractivity contribution >= 4 is 0 Å². The highest BCUT2D eigenvalue weighted by atomic mass is 19.4. The van der Waals surface area contributed by atoms with Crippen LogP contribution >= 0.6 is 0 Å². The molecule has 1 aromatic carbocycles. The minimum absolute atomic E-state index is 0.0737. The quantitative estimate of drug-likeness (QED) is 0.335. The van der Waals surface area contributed by atoms with E-state index in [4.69, 9.17) is 0 Å². The van der Waals surface area contributed by atoms with Crippen LogP contribution in [-0.2, 0) is 6.18 Å². The van der Waals surface area contributed by atoms with Crippen molar-refractivity contribution in [2.75, 3.05) is 0 Å². The first kappa shape index (κ1) is 22.3. The van der Waals surface area contributed by atoms with Crippen molar-refractivity contribution in [2.45, 2.75) is 83.2 Å². The summed E-state index contributed by atoms with van der Waals surface area (Å²) in [5.74, 6) is -1.07. The summed E-state index contributed by atoms with van der Waals surface area (Å²) in [4.78, 5) is 0. The van der Waals surface area contributed by atoms with Crippen molar-refractivity contribution in [3.05, 3.63) is 47.0 Å². The van der Waals surface area contributed by atoms with E-state index < -0.39 is 23.4 Å². The lowest BCUT2D eigenvalue weighted by Crippen LogP contribution is -2.16. The Morgan fingerprint density at radius 1 is 0.828 bits per heavy atom. The third kappa shape index (κ3) is 5.82. The fraction of sp³-hybridized carbons (Fsp3) is 0.667. The van der Waals surface area contributed by atoms with Crippen LogP contribution in [0.25, 0.3) is 0 Å². The van der Waals surface area contributed by atoms with E-state index in [0.717, 1.165) is 43.7 Å². The van der Waals surface area contributed by atoms with Crippen LogP contribution in [0.15, 0.2) is 24.3 Å². The van der Waals surface area contributed by atoms with Crippen LogP contribution in [-0.4, -0.2) is 0 Å². The molecule has 0 unspecified atom stereocenters. The Bertz CT molecular complexity index is 667. The summed E-state index contributed by atoms with van der Waals surface area (Å²) in [6.45, 7) is 2.25. The van der Waals surface area contributed by atoms with Crippen molar-refractivity contribution in [1.82, 2.24) is 0 Å². The molecule has 2 aliphatic rings. The van der Waals surface area contributed by atoms with Gasteiger partial charge in [0.15, 0.2) is 0 Å². The smallest absolute Gasteiger partial charge is 0.206 e. The van der Waals surface area contributed by atoms with Gasteiger partial charge in [0.05, 0.1) is 0 Å². The molecule has 1 aromatic rings. The molecule has 0 N–H and O–H groups in total. The number of halogens is 5. The number of benzene rings is 1. The van der Waals surface area contributed by atoms with Gasteiger partial charge in [-0.05, 0) is 92.7 Å². The molecule has 29 heavy (non-hydrogen) atoms. The topological polar surface area (TPSA) is 0 Å². The molecule has 2 aliphatic carbocycles. The van der Waals surface area contributed by atoms with Crippen LogP contribution in [0.1, 0.15) is 88.2 Å². The number of hydrogen-bond acceptors (Lipinski definition) is 0. The van der Waals surface area contributed by atoms with Gasteiger partial charge < -0.3 is 0 Å². The zero-order chi connectivity index (χ0) is 21.0. The first-order valence-corrected chi connectivity index (χ1v) is 11.0. The van der Waals surface area contributed by atoms with Crippen LogP contribution in [0.5, 0.6) is 0 Å². The van der Waals surface area contributed by atoms with E-state index in [1.165, 1.54) is 38.5 Å². The average Bonchev–Trinajstić information content (AvgIpc) is 2.66. The highest BCUT2D eigenvalue weighted by Crippen LogP contribution is 2.40. The van der Waals surface area contributed by atoms with Crippen LogP contribution in [0.4, 0.5) is 22.0 Å². The molecule has 2 fully saturated rings. The average molecular weight is 415 g/mol. The van der Waals surface area contributed by atoms with Gasteiger partial charge in [0.1, 0.15) is 17.2 Å². The Hall–Kier alpha value is -1.39. The monoisotopic (exact) mass is 414 g/mol. The molecule has 0 bridgehead atoms. The van der Waals surface area contributed by atoms with E-state index in [9.17, 15) is 22.0 Å². The largest absolute Gasteiger partial charge is 0.422 e. The maximum absolute atomic E-state index is 13.9. The molecule has 0 atom stereocenters. The zero-order valence-electron chi connectivity index (χ0n) is 17.1. The SMILES string of the molecule is CCCC1CCC(/C=C/C2CCC(c3cc(F)c(C(F)(F)F)c(F)c3)CC2)CC1. The summed E-state index contributed by atoms with van der Waals surface area (Å²) >= 11 is 0. The van der Waals surface area contributed by atoms with E-state index in [-0.39, 0.29) is 5.92 Å². The van der Waals surface area contributed by atoms with E-state index >= 15 is 0 Å². The van der Waals surface area contributed by atoms with Crippen LogP contribution in [0.3, 0.4) is 0 Å². The van der Waals surface area contributed by atoms with E-state index in [2.05, 4.69) is 19.1 Å². The molecule has 162 valence electrons. The highest BCUT2D eigenvalue weighted by Gasteiger charge is 2.38. The van der Waals surface area contributed by atoms with Gasteiger partial charge in [-0.2, -0.15) is 13.2 Å². The Morgan fingerprint density at radius 2 is 1.31 bits per heavy atom. The van der Waals surface area contributed by atoms with E-state index in [0.29, 0.717) is 17.4 Å². The summed E-state index contributed by atoms with van der Waals surface area (Å²) < 4.78 is 66.0. The summed E-state index contributed by atoms with van der Waals surface area (Å²) in [6, 6.07) is 1.75. The molecule has 0 spiro atoms. The molecule has 0 heterocycles. The standard InChI is InChI=1S/C24H31F5/c1-2-3-16-4-6-17(7-5-16)8-9-18-10-12-19(13-11-18)20-14-21(25)23(22(26)15-20)24(27,28)29/h8-9,14-19H,2-7,10-13H2,1H3/b9-8+. The zero-order valence-corrected chi connectivity index (χ0v) is 17.1. The summed E-state index contributed by atoms with van der Waals surface area (Å²) in [5, 5.41) is 0. The van der Waals surface area contributed by atoms with Gasteiger partial charge >= 0.3 is 6.18 Å². The lowest BCUT2D eigenvalue weighted by atomic mass is 9.76. The third-order valence-electron chi connectivity index (χ3n) is 6.83. The summed E-state index contributed by atoms with van der Waals surface area (Å²) in [5.41, 5.74) is -1.43. The normalized spacial score (nSPS) is 28.8. The summed E-state index contributed by atoms with van der Waals surface area (Å²) in [7, 11) is 0. The lowest BCUT2D eigenvalue weighted by molar-refractivity contribution is -0.142. The molecule has 0 radical (unpaired) electrons. The molecular weight excluding hydrogens is 383 g/mol. The fourth-order valence-corrected chi connectivity index (χ4v) is 5.14. The lowest BCUT2D eigenvalue weighted by Gasteiger charge is -2.29. The maximum atomic E-state index is 13.9. The molecular formula is C24H31F5. The second kappa shape index (κ2) is 9.61. The van der Waals surface area contributed by atoms with Gasteiger partial charge in [-0.15, -0.1) is 0 Å².